The first-order chi connectivity index (χ1) is 9.47. The number of carboxylic acid groups (broad SMARTS) is 1. The average Bonchev–Trinajstić information content (AvgIpc) is 2.81. The van der Waals surface area contributed by atoms with Crippen LogP contribution < -0.4 is 0 Å². The largest absolute Gasteiger partial charge is 0.481 e. The molecule has 0 bridgehead atoms. The highest BCUT2D eigenvalue weighted by Crippen LogP contribution is 2.25. The molecule has 4 nitrogen and oxygen atoms in total. The van der Waals surface area contributed by atoms with Crippen LogP contribution >= 0.6 is 22.9 Å². The van der Waals surface area contributed by atoms with Gasteiger partial charge in [-0.15, -0.1) is 11.3 Å². The molecule has 0 aliphatic carbocycles. The molecule has 1 saturated heterocycles. The summed E-state index contributed by atoms with van der Waals surface area (Å²) in [6.07, 6.45) is 4.30. The molecule has 1 aliphatic heterocycles. The van der Waals surface area contributed by atoms with Crippen molar-refractivity contribution in [1.82, 2.24) is 4.90 Å². The zero-order valence-electron chi connectivity index (χ0n) is 11.1. The molecule has 0 aromatic carbocycles. The first-order valence-electron chi connectivity index (χ1n) is 6.44. The molecule has 1 aromatic heterocycles. The van der Waals surface area contributed by atoms with Crippen molar-refractivity contribution in [2.24, 2.45) is 5.92 Å². The van der Waals surface area contributed by atoms with E-state index in [0.717, 1.165) is 4.88 Å². The molecule has 0 radical (unpaired) electrons. The summed E-state index contributed by atoms with van der Waals surface area (Å²) in [7, 11) is 0. The Labute approximate surface area is 126 Å². The molecular weight excluding hydrogens is 298 g/mol. The summed E-state index contributed by atoms with van der Waals surface area (Å²) in [5.74, 6) is -1.19. The Kier molecular flexibility index (Phi) is 4.83. The molecule has 1 aromatic rings. The third-order valence-corrected chi connectivity index (χ3v) is 4.69. The van der Waals surface area contributed by atoms with E-state index in [1.807, 2.05) is 13.0 Å². The van der Waals surface area contributed by atoms with Crippen molar-refractivity contribution in [3.05, 3.63) is 27.4 Å². The minimum atomic E-state index is -0.771. The number of carbonyl (C=O) groups is 2. The molecule has 1 fully saturated rings. The fourth-order valence-electron chi connectivity index (χ4n) is 2.39. The van der Waals surface area contributed by atoms with Gasteiger partial charge in [-0.3, -0.25) is 9.59 Å². The molecule has 1 aliphatic rings. The van der Waals surface area contributed by atoms with Crippen LogP contribution in [0.25, 0.3) is 6.08 Å². The van der Waals surface area contributed by atoms with Gasteiger partial charge in [-0.2, -0.15) is 0 Å². The number of likely N-dealkylation sites (tertiary alicyclic amines) is 1. The SMILES string of the molecule is CC1CC(C(=O)O)CCN1C(=O)/C=C/c1ccc(Cl)s1. The topological polar surface area (TPSA) is 57.6 Å². The number of carbonyl (C=O) groups excluding carboxylic acids is 1. The summed E-state index contributed by atoms with van der Waals surface area (Å²) in [5, 5.41) is 9.01. The number of halogens is 1. The van der Waals surface area contributed by atoms with Crippen molar-refractivity contribution in [2.75, 3.05) is 6.54 Å². The number of carboxylic acids is 1. The minimum absolute atomic E-state index is 0.0473. The number of amides is 1. The summed E-state index contributed by atoms with van der Waals surface area (Å²) < 4.78 is 0.688. The van der Waals surface area contributed by atoms with Gasteiger partial charge in [0, 0.05) is 23.5 Å². The van der Waals surface area contributed by atoms with E-state index in [2.05, 4.69) is 0 Å². The maximum absolute atomic E-state index is 12.1. The van der Waals surface area contributed by atoms with Crippen LogP contribution in [-0.2, 0) is 9.59 Å². The standard InChI is InChI=1S/C14H16ClNO3S/c1-9-8-10(14(18)19)6-7-16(9)13(17)5-3-11-2-4-12(15)20-11/h2-5,9-10H,6-8H2,1H3,(H,18,19)/b5-3+. The zero-order chi connectivity index (χ0) is 14.7. The number of thiophene rings is 1. The second kappa shape index (κ2) is 6.41. The van der Waals surface area contributed by atoms with E-state index < -0.39 is 5.97 Å². The molecular formula is C14H16ClNO3S. The Hall–Kier alpha value is -1.33. The van der Waals surface area contributed by atoms with Crippen LogP contribution in [0.2, 0.25) is 4.34 Å². The lowest BCUT2D eigenvalue weighted by Gasteiger charge is -2.35. The molecule has 20 heavy (non-hydrogen) atoms. The van der Waals surface area contributed by atoms with Gasteiger partial charge in [0.05, 0.1) is 10.3 Å². The van der Waals surface area contributed by atoms with E-state index in [1.165, 1.54) is 17.4 Å². The first-order valence-corrected chi connectivity index (χ1v) is 7.63. The Morgan fingerprint density at radius 1 is 1.50 bits per heavy atom. The quantitative estimate of drug-likeness (QED) is 0.872. The molecule has 1 N–H and O–H groups in total. The Bertz CT molecular complexity index is 540. The third-order valence-electron chi connectivity index (χ3n) is 3.49. The lowest BCUT2D eigenvalue weighted by atomic mass is 9.91. The number of piperidine rings is 1. The van der Waals surface area contributed by atoms with Crippen molar-refractivity contribution in [1.29, 1.82) is 0 Å². The predicted octanol–water partition coefficient (Wildman–Crippen LogP) is 3.13. The van der Waals surface area contributed by atoms with E-state index in [4.69, 9.17) is 16.7 Å². The second-order valence-electron chi connectivity index (χ2n) is 4.92. The highest BCUT2D eigenvalue weighted by atomic mass is 35.5. The number of hydrogen-bond donors (Lipinski definition) is 1. The van der Waals surface area contributed by atoms with Crippen LogP contribution in [0.3, 0.4) is 0 Å². The van der Waals surface area contributed by atoms with Gasteiger partial charge in [-0.05, 0) is 38.0 Å². The van der Waals surface area contributed by atoms with E-state index in [1.54, 1.807) is 17.0 Å². The first kappa shape index (κ1) is 15.1. The van der Waals surface area contributed by atoms with Crippen molar-refractivity contribution < 1.29 is 14.7 Å². The number of rotatable bonds is 3. The predicted molar refractivity (Wildman–Crippen MR) is 79.9 cm³/mol. The van der Waals surface area contributed by atoms with Gasteiger partial charge in [0.2, 0.25) is 5.91 Å². The summed E-state index contributed by atoms with van der Waals surface area (Å²) in [5.41, 5.74) is 0. The molecule has 1 amide bonds. The summed E-state index contributed by atoms with van der Waals surface area (Å²) in [4.78, 5) is 25.7. The van der Waals surface area contributed by atoms with Crippen LogP contribution in [0.4, 0.5) is 0 Å². The number of aliphatic carboxylic acids is 1. The van der Waals surface area contributed by atoms with E-state index in [0.29, 0.717) is 23.7 Å². The van der Waals surface area contributed by atoms with E-state index in [-0.39, 0.29) is 17.9 Å². The maximum Gasteiger partial charge on any atom is 0.306 e. The molecule has 2 unspecified atom stereocenters. The smallest absolute Gasteiger partial charge is 0.306 e. The molecule has 6 heteroatoms. The number of hydrogen-bond acceptors (Lipinski definition) is 3. The monoisotopic (exact) mass is 313 g/mol. The third kappa shape index (κ3) is 3.61. The average molecular weight is 314 g/mol. The minimum Gasteiger partial charge on any atom is -0.481 e. The van der Waals surface area contributed by atoms with Gasteiger partial charge in [0.25, 0.3) is 0 Å². The van der Waals surface area contributed by atoms with Gasteiger partial charge in [-0.1, -0.05) is 11.6 Å². The molecule has 108 valence electrons. The lowest BCUT2D eigenvalue weighted by Crippen LogP contribution is -2.45. The molecule has 2 heterocycles. The molecule has 0 saturated carbocycles. The van der Waals surface area contributed by atoms with Crippen molar-refractivity contribution in [3.63, 3.8) is 0 Å². The summed E-state index contributed by atoms with van der Waals surface area (Å²) in [6.45, 7) is 2.38. The van der Waals surface area contributed by atoms with Crippen LogP contribution in [-0.4, -0.2) is 34.5 Å². The Morgan fingerprint density at radius 3 is 2.80 bits per heavy atom. The molecule has 2 atom stereocenters. The Balaban J connectivity index is 1.96. The van der Waals surface area contributed by atoms with Gasteiger partial charge in [0.15, 0.2) is 0 Å². The molecule has 2 rings (SSSR count). The fraction of sp³-hybridized carbons (Fsp3) is 0.429. The van der Waals surface area contributed by atoms with Crippen molar-refractivity contribution in [2.45, 2.75) is 25.8 Å². The fourth-order valence-corrected chi connectivity index (χ4v) is 3.35. The summed E-state index contributed by atoms with van der Waals surface area (Å²) in [6, 6.07) is 3.60. The lowest BCUT2D eigenvalue weighted by molar-refractivity contribution is -0.146. The van der Waals surface area contributed by atoms with Gasteiger partial charge < -0.3 is 10.0 Å². The van der Waals surface area contributed by atoms with E-state index >= 15 is 0 Å². The zero-order valence-corrected chi connectivity index (χ0v) is 12.7. The highest BCUT2D eigenvalue weighted by Gasteiger charge is 2.31. The Morgan fingerprint density at radius 2 is 2.25 bits per heavy atom. The van der Waals surface area contributed by atoms with E-state index in [9.17, 15) is 9.59 Å². The van der Waals surface area contributed by atoms with Crippen LogP contribution in [0.15, 0.2) is 18.2 Å². The second-order valence-corrected chi connectivity index (χ2v) is 6.66. The van der Waals surface area contributed by atoms with Crippen LogP contribution in [0.1, 0.15) is 24.6 Å². The molecule has 0 spiro atoms. The van der Waals surface area contributed by atoms with Gasteiger partial charge in [-0.25, -0.2) is 0 Å². The van der Waals surface area contributed by atoms with Crippen LogP contribution in [0, 0.1) is 5.92 Å². The van der Waals surface area contributed by atoms with Crippen molar-refractivity contribution in [3.8, 4) is 0 Å². The van der Waals surface area contributed by atoms with Gasteiger partial charge >= 0.3 is 5.97 Å². The summed E-state index contributed by atoms with van der Waals surface area (Å²) >= 11 is 7.24. The normalized spacial score (nSPS) is 23.2. The van der Waals surface area contributed by atoms with Crippen LogP contribution in [0.5, 0.6) is 0 Å². The van der Waals surface area contributed by atoms with Crippen molar-refractivity contribution >= 4 is 40.9 Å². The number of nitrogens with zero attached hydrogens (tertiary/aromatic N) is 1. The van der Waals surface area contributed by atoms with Gasteiger partial charge in [0.1, 0.15) is 0 Å². The maximum atomic E-state index is 12.1. The highest BCUT2D eigenvalue weighted by molar-refractivity contribution is 7.17.